The zero-order valence-corrected chi connectivity index (χ0v) is 14.4. The first kappa shape index (κ1) is 17.4. The van der Waals surface area contributed by atoms with E-state index < -0.39 is 0 Å². The third-order valence-electron chi connectivity index (χ3n) is 4.61. The van der Waals surface area contributed by atoms with Gasteiger partial charge in [-0.05, 0) is 31.4 Å². The Morgan fingerprint density at radius 1 is 1.12 bits per heavy atom. The maximum atomic E-state index is 12.6. The average molecular weight is 337 g/mol. The standard InChI is InChI=1S/C21H23NO3/c1-15(21(24)22-14-19-11-6-12-25-19)17-9-5-10-18(13-17)20(23)16-7-3-2-4-8-16/h2-5,7-10,13,15,19H,6,11-12,14H2,1H3,(H,22,24)/t15-,19-/m0/s1. The highest BCUT2D eigenvalue weighted by molar-refractivity contribution is 6.09. The van der Waals surface area contributed by atoms with Gasteiger partial charge in [0.15, 0.2) is 5.78 Å². The van der Waals surface area contributed by atoms with E-state index >= 15 is 0 Å². The van der Waals surface area contributed by atoms with Gasteiger partial charge in [-0.2, -0.15) is 0 Å². The molecule has 1 aliphatic rings. The average Bonchev–Trinajstić information content (AvgIpc) is 3.19. The van der Waals surface area contributed by atoms with Crippen LogP contribution >= 0.6 is 0 Å². The molecule has 1 heterocycles. The third-order valence-corrected chi connectivity index (χ3v) is 4.61. The molecule has 0 spiro atoms. The van der Waals surface area contributed by atoms with Crippen molar-refractivity contribution in [3.63, 3.8) is 0 Å². The molecule has 0 aromatic heterocycles. The predicted octanol–water partition coefficient (Wildman–Crippen LogP) is 3.32. The number of hydrogen-bond donors (Lipinski definition) is 1. The minimum Gasteiger partial charge on any atom is -0.376 e. The summed E-state index contributed by atoms with van der Waals surface area (Å²) in [7, 11) is 0. The molecule has 3 rings (SSSR count). The largest absolute Gasteiger partial charge is 0.376 e. The van der Waals surface area contributed by atoms with Gasteiger partial charge in [0.1, 0.15) is 0 Å². The van der Waals surface area contributed by atoms with Crippen LogP contribution in [0.4, 0.5) is 0 Å². The molecule has 1 saturated heterocycles. The maximum absolute atomic E-state index is 12.6. The summed E-state index contributed by atoms with van der Waals surface area (Å²) >= 11 is 0. The van der Waals surface area contributed by atoms with Gasteiger partial charge in [-0.3, -0.25) is 9.59 Å². The molecule has 130 valence electrons. The summed E-state index contributed by atoms with van der Waals surface area (Å²) in [6.07, 6.45) is 2.18. The predicted molar refractivity (Wildman–Crippen MR) is 96.7 cm³/mol. The Kier molecular flexibility index (Phi) is 5.61. The van der Waals surface area contributed by atoms with Crippen molar-refractivity contribution in [2.45, 2.75) is 31.8 Å². The highest BCUT2D eigenvalue weighted by Crippen LogP contribution is 2.19. The van der Waals surface area contributed by atoms with Crippen molar-refractivity contribution in [1.82, 2.24) is 5.32 Å². The number of ketones is 1. The molecule has 0 radical (unpaired) electrons. The number of carbonyl (C=O) groups is 2. The highest BCUT2D eigenvalue weighted by Gasteiger charge is 2.20. The molecule has 0 bridgehead atoms. The lowest BCUT2D eigenvalue weighted by Crippen LogP contribution is -2.34. The van der Waals surface area contributed by atoms with E-state index in [1.807, 2.05) is 43.3 Å². The van der Waals surface area contributed by atoms with Gasteiger partial charge in [-0.25, -0.2) is 0 Å². The van der Waals surface area contributed by atoms with E-state index in [9.17, 15) is 9.59 Å². The fourth-order valence-corrected chi connectivity index (χ4v) is 3.03. The molecule has 4 heteroatoms. The van der Waals surface area contributed by atoms with Crippen molar-refractivity contribution in [1.29, 1.82) is 0 Å². The lowest BCUT2D eigenvalue weighted by atomic mass is 9.95. The summed E-state index contributed by atoms with van der Waals surface area (Å²) in [5.41, 5.74) is 2.09. The summed E-state index contributed by atoms with van der Waals surface area (Å²) in [4.78, 5) is 25.0. The normalized spacial score (nSPS) is 17.9. The fraction of sp³-hybridized carbons (Fsp3) is 0.333. The van der Waals surface area contributed by atoms with Crippen molar-refractivity contribution < 1.29 is 14.3 Å². The van der Waals surface area contributed by atoms with Crippen LogP contribution in [0, 0.1) is 0 Å². The smallest absolute Gasteiger partial charge is 0.227 e. The molecule has 0 saturated carbocycles. The topological polar surface area (TPSA) is 55.4 Å². The number of amides is 1. The van der Waals surface area contributed by atoms with Gasteiger partial charge in [0, 0.05) is 24.3 Å². The monoisotopic (exact) mass is 337 g/mol. The Hall–Kier alpha value is -2.46. The summed E-state index contributed by atoms with van der Waals surface area (Å²) in [6.45, 7) is 3.18. The first-order chi connectivity index (χ1) is 12.1. The number of ether oxygens (including phenoxy) is 1. The van der Waals surface area contributed by atoms with E-state index in [1.165, 1.54) is 0 Å². The van der Waals surface area contributed by atoms with Crippen LogP contribution in [0.3, 0.4) is 0 Å². The maximum Gasteiger partial charge on any atom is 0.227 e. The van der Waals surface area contributed by atoms with Crippen LogP contribution in [0.25, 0.3) is 0 Å². The SMILES string of the molecule is C[C@H](C(=O)NC[C@@H]1CCCO1)c1cccc(C(=O)c2ccccc2)c1. The quantitative estimate of drug-likeness (QED) is 0.823. The number of carbonyl (C=O) groups excluding carboxylic acids is 2. The summed E-state index contributed by atoms with van der Waals surface area (Å²) in [5, 5.41) is 2.95. The number of hydrogen-bond acceptors (Lipinski definition) is 3. The third kappa shape index (κ3) is 4.34. The van der Waals surface area contributed by atoms with Crippen molar-refractivity contribution in [3.05, 3.63) is 71.3 Å². The van der Waals surface area contributed by atoms with E-state index in [0.29, 0.717) is 17.7 Å². The second-order valence-electron chi connectivity index (χ2n) is 6.42. The Morgan fingerprint density at radius 2 is 1.88 bits per heavy atom. The molecule has 0 unspecified atom stereocenters. The van der Waals surface area contributed by atoms with E-state index in [2.05, 4.69) is 5.32 Å². The van der Waals surface area contributed by atoms with Gasteiger partial charge in [0.05, 0.1) is 12.0 Å². The summed E-state index contributed by atoms with van der Waals surface area (Å²) in [6, 6.07) is 16.5. The molecule has 2 atom stereocenters. The van der Waals surface area contributed by atoms with Crippen LogP contribution in [-0.4, -0.2) is 30.9 Å². The van der Waals surface area contributed by atoms with Gasteiger partial charge in [0.25, 0.3) is 0 Å². The van der Waals surface area contributed by atoms with Crippen LogP contribution in [0.15, 0.2) is 54.6 Å². The van der Waals surface area contributed by atoms with E-state index in [0.717, 1.165) is 25.0 Å². The van der Waals surface area contributed by atoms with Crippen LogP contribution < -0.4 is 5.32 Å². The number of benzene rings is 2. The molecule has 1 aliphatic heterocycles. The van der Waals surface area contributed by atoms with Crippen molar-refractivity contribution >= 4 is 11.7 Å². The van der Waals surface area contributed by atoms with Gasteiger partial charge < -0.3 is 10.1 Å². The first-order valence-electron chi connectivity index (χ1n) is 8.74. The van der Waals surface area contributed by atoms with Crippen LogP contribution in [0.2, 0.25) is 0 Å². The second-order valence-corrected chi connectivity index (χ2v) is 6.42. The van der Waals surface area contributed by atoms with Crippen LogP contribution in [0.1, 0.15) is 47.2 Å². The Morgan fingerprint density at radius 3 is 2.60 bits per heavy atom. The Labute approximate surface area is 148 Å². The molecule has 1 N–H and O–H groups in total. The van der Waals surface area contributed by atoms with Gasteiger partial charge in [0.2, 0.25) is 5.91 Å². The zero-order valence-electron chi connectivity index (χ0n) is 14.4. The first-order valence-corrected chi connectivity index (χ1v) is 8.74. The van der Waals surface area contributed by atoms with E-state index in [1.54, 1.807) is 18.2 Å². The number of nitrogens with one attached hydrogen (secondary N) is 1. The second kappa shape index (κ2) is 8.08. The van der Waals surface area contributed by atoms with Crippen LogP contribution in [0.5, 0.6) is 0 Å². The number of rotatable bonds is 6. The minimum atomic E-state index is -0.315. The molecule has 1 fully saturated rings. The van der Waals surface area contributed by atoms with Gasteiger partial charge in [-0.1, -0.05) is 48.5 Å². The molecule has 2 aromatic carbocycles. The zero-order chi connectivity index (χ0) is 17.6. The molecule has 1 amide bonds. The van der Waals surface area contributed by atoms with Crippen molar-refractivity contribution in [3.8, 4) is 0 Å². The van der Waals surface area contributed by atoms with E-state index in [-0.39, 0.29) is 23.7 Å². The van der Waals surface area contributed by atoms with Crippen molar-refractivity contribution in [2.24, 2.45) is 0 Å². The molecule has 4 nitrogen and oxygen atoms in total. The summed E-state index contributed by atoms with van der Waals surface area (Å²) < 4.78 is 5.53. The Bertz CT molecular complexity index is 736. The highest BCUT2D eigenvalue weighted by atomic mass is 16.5. The molecular formula is C21H23NO3. The molecule has 25 heavy (non-hydrogen) atoms. The molecule has 2 aromatic rings. The van der Waals surface area contributed by atoms with E-state index in [4.69, 9.17) is 4.74 Å². The van der Waals surface area contributed by atoms with Gasteiger partial charge in [-0.15, -0.1) is 0 Å². The minimum absolute atomic E-state index is 0.0330. The van der Waals surface area contributed by atoms with Crippen molar-refractivity contribution in [2.75, 3.05) is 13.2 Å². The lowest BCUT2D eigenvalue weighted by Gasteiger charge is -2.16. The van der Waals surface area contributed by atoms with Gasteiger partial charge >= 0.3 is 0 Å². The Balaban J connectivity index is 1.67. The molecule has 0 aliphatic carbocycles. The fourth-order valence-electron chi connectivity index (χ4n) is 3.03. The summed E-state index contributed by atoms with van der Waals surface area (Å²) in [5.74, 6) is -0.390. The lowest BCUT2D eigenvalue weighted by molar-refractivity contribution is -0.122. The molecular weight excluding hydrogens is 314 g/mol. The van der Waals surface area contributed by atoms with Crippen LogP contribution in [-0.2, 0) is 9.53 Å².